The van der Waals surface area contributed by atoms with E-state index in [4.69, 9.17) is 23.7 Å². The average Bonchev–Trinajstić information content (AvgIpc) is 2.81. The van der Waals surface area contributed by atoms with Crippen LogP contribution in [0.3, 0.4) is 0 Å². The molecule has 1 amide bonds. The molecule has 0 unspecified atom stereocenters. The van der Waals surface area contributed by atoms with Gasteiger partial charge in [0.25, 0.3) is 5.91 Å². The van der Waals surface area contributed by atoms with Crippen molar-refractivity contribution in [1.82, 2.24) is 4.90 Å². The topological polar surface area (TPSA) is 104 Å². The molecule has 1 aromatic carbocycles. The molecule has 30 heavy (non-hydrogen) atoms. The first-order valence-electron chi connectivity index (χ1n) is 9.38. The fraction of sp³-hybridized carbons (Fsp3) is 0.450. The fourth-order valence-corrected chi connectivity index (χ4v) is 3.12. The van der Waals surface area contributed by atoms with Crippen molar-refractivity contribution in [3.05, 3.63) is 35.5 Å². The number of hydrogen-bond acceptors (Lipinski definition) is 9. The van der Waals surface area contributed by atoms with Gasteiger partial charge < -0.3 is 33.5 Å². The van der Waals surface area contributed by atoms with Gasteiger partial charge in [0.1, 0.15) is 18.2 Å². The van der Waals surface area contributed by atoms with Crippen LogP contribution in [0, 0.1) is 0 Å². The van der Waals surface area contributed by atoms with E-state index in [9.17, 15) is 14.4 Å². The Balaban J connectivity index is 1.71. The van der Waals surface area contributed by atoms with Crippen molar-refractivity contribution in [3.63, 3.8) is 0 Å². The molecule has 3 rings (SSSR count). The summed E-state index contributed by atoms with van der Waals surface area (Å²) in [6, 6.07) is 6.73. The highest BCUT2D eigenvalue weighted by Gasteiger charge is 2.32. The van der Waals surface area contributed by atoms with E-state index >= 15 is 0 Å². The number of carbonyl (C=O) groups excluding carboxylic acids is 3. The Labute approximate surface area is 173 Å². The molecule has 0 radical (unpaired) electrons. The quantitative estimate of drug-likeness (QED) is 0.602. The van der Waals surface area contributed by atoms with E-state index in [-0.39, 0.29) is 37.1 Å². The highest BCUT2D eigenvalue weighted by molar-refractivity contribution is 6.03. The largest absolute Gasteiger partial charge is 0.484 e. The van der Waals surface area contributed by atoms with Crippen molar-refractivity contribution >= 4 is 23.5 Å². The highest BCUT2D eigenvalue weighted by Crippen LogP contribution is 2.28. The first kappa shape index (κ1) is 21.6. The molecule has 2 heterocycles. The Morgan fingerprint density at radius 2 is 1.63 bits per heavy atom. The van der Waals surface area contributed by atoms with E-state index in [0.29, 0.717) is 37.7 Å². The molecule has 2 aliphatic heterocycles. The summed E-state index contributed by atoms with van der Waals surface area (Å²) in [5.74, 6) is -0.947. The monoisotopic (exact) mass is 420 g/mol. The summed E-state index contributed by atoms with van der Waals surface area (Å²) in [6.45, 7) is 2.09. The molecule has 0 saturated carbocycles. The zero-order chi connectivity index (χ0) is 21.5. The van der Waals surface area contributed by atoms with Crippen LogP contribution in [0.15, 0.2) is 35.5 Å². The molecule has 10 heteroatoms. The number of nitrogens with zero attached hydrogens (tertiary/aromatic N) is 2. The van der Waals surface area contributed by atoms with Crippen LogP contribution in [0.4, 0.5) is 5.69 Å². The van der Waals surface area contributed by atoms with Gasteiger partial charge in [-0.15, -0.1) is 0 Å². The Morgan fingerprint density at radius 1 is 0.967 bits per heavy atom. The predicted octanol–water partition coefficient (Wildman–Crippen LogP) is 0.318. The van der Waals surface area contributed by atoms with E-state index in [2.05, 4.69) is 0 Å². The molecule has 0 bridgehead atoms. The van der Waals surface area contributed by atoms with Gasteiger partial charge in [0.2, 0.25) is 0 Å². The predicted molar refractivity (Wildman–Crippen MR) is 104 cm³/mol. The van der Waals surface area contributed by atoms with Crippen molar-refractivity contribution in [3.8, 4) is 5.75 Å². The first-order chi connectivity index (χ1) is 14.5. The van der Waals surface area contributed by atoms with Gasteiger partial charge in [0.15, 0.2) is 6.61 Å². The van der Waals surface area contributed by atoms with Crippen molar-refractivity contribution in [2.75, 3.05) is 65.4 Å². The van der Waals surface area contributed by atoms with Gasteiger partial charge in [-0.05, 0) is 24.3 Å². The zero-order valence-corrected chi connectivity index (χ0v) is 16.9. The van der Waals surface area contributed by atoms with Crippen LogP contribution >= 0.6 is 0 Å². The van der Waals surface area contributed by atoms with Crippen LogP contribution in [0.25, 0.3) is 0 Å². The van der Waals surface area contributed by atoms with Gasteiger partial charge in [-0.25, -0.2) is 9.59 Å². The molecule has 0 N–H and O–H groups in total. The minimum absolute atomic E-state index is 0.0562. The Bertz CT molecular complexity index is 815. The Hall–Kier alpha value is -3.11. The van der Waals surface area contributed by atoms with Gasteiger partial charge in [-0.2, -0.15) is 0 Å². The van der Waals surface area contributed by atoms with Crippen LogP contribution in [-0.4, -0.2) is 83.2 Å². The van der Waals surface area contributed by atoms with E-state index in [0.717, 1.165) is 0 Å². The number of hydrogen-bond donors (Lipinski definition) is 0. The van der Waals surface area contributed by atoms with Crippen molar-refractivity contribution in [2.24, 2.45) is 0 Å². The molecule has 0 aliphatic carbocycles. The lowest BCUT2D eigenvalue weighted by molar-refractivity contribution is -0.140. The van der Waals surface area contributed by atoms with Crippen LogP contribution in [0.2, 0.25) is 0 Å². The summed E-state index contributed by atoms with van der Waals surface area (Å²) >= 11 is 0. The zero-order valence-electron chi connectivity index (χ0n) is 16.9. The smallest absolute Gasteiger partial charge is 0.355 e. The maximum atomic E-state index is 12.3. The molecule has 162 valence electrons. The third kappa shape index (κ3) is 4.89. The lowest BCUT2D eigenvalue weighted by Crippen LogP contribution is -2.42. The number of benzene rings is 1. The second-order valence-electron chi connectivity index (χ2n) is 6.49. The number of esters is 2. The van der Waals surface area contributed by atoms with Gasteiger partial charge in [0.05, 0.1) is 39.6 Å². The summed E-state index contributed by atoms with van der Waals surface area (Å²) in [4.78, 5) is 39.8. The molecular weight excluding hydrogens is 396 g/mol. The number of rotatable bonds is 6. The van der Waals surface area contributed by atoms with Crippen molar-refractivity contribution < 1.29 is 38.1 Å². The summed E-state index contributed by atoms with van der Waals surface area (Å²) in [7, 11) is 2.47. The standard InChI is InChI=1S/C20H24N2O8/c1-26-19(24)16-11-29-13-22(18(16)20(25)27-2)14-3-5-15(6-4-14)30-12-17(23)21-7-9-28-10-8-21/h3-6H,7-13H2,1-2H3. The molecule has 0 atom stereocenters. The second-order valence-corrected chi connectivity index (χ2v) is 6.49. The minimum atomic E-state index is -0.671. The molecular formula is C20H24N2O8. The molecule has 2 aliphatic rings. The first-order valence-corrected chi connectivity index (χ1v) is 9.38. The lowest BCUT2D eigenvalue weighted by atomic mass is 10.1. The van der Waals surface area contributed by atoms with Gasteiger partial charge in [0, 0.05) is 18.8 Å². The molecule has 0 aromatic heterocycles. The fourth-order valence-electron chi connectivity index (χ4n) is 3.12. The third-order valence-electron chi connectivity index (χ3n) is 4.71. The molecule has 1 saturated heterocycles. The van der Waals surface area contributed by atoms with Gasteiger partial charge in [-0.3, -0.25) is 4.79 Å². The van der Waals surface area contributed by atoms with Crippen LogP contribution in [0.1, 0.15) is 0 Å². The summed E-state index contributed by atoms with van der Waals surface area (Å²) in [5.41, 5.74) is 0.724. The number of amides is 1. The normalized spacial score (nSPS) is 16.9. The van der Waals surface area contributed by atoms with E-state index < -0.39 is 11.9 Å². The summed E-state index contributed by atoms with van der Waals surface area (Å²) < 4.78 is 25.8. The molecule has 1 fully saturated rings. The van der Waals surface area contributed by atoms with E-state index in [1.807, 2.05) is 0 Å². The molecule has 1 aromatic rings. The SMILES string of the molecule is COC(=O)C1=C(C(=O)OC)N(c2ccc(OCC(=O)N3CCOCC3)cc2)COC1. The van der Waals surface area contributed by atoms with Crippen molar-refractivity contribution in [2.45, 2.75) is 0 Å². The van der Waals surface area contributed by atoms with Crippen LogP contribution in [0.5, 0.6) is 5.75 Å². The van der Waals surface area contributed by atoms with Gasteiger partial charge in [-0.1, -0.05) is 0 Å². The maximum Gasteiger partial charge on any atom is 0.355 e. The second kappa shape index (κ2) is 10.1. The average molecular weight is 420 g/mol. The number of methoxy groups -OCH3 is 2. The van der Waals surface area contributed by atoms with Crippen molar-refractivity contribution in [1.29, 1.82) is 0 Å². The van der Waals surface area contributed by atoms with Crippen LogP contribution in [-0.2, 0) is 33.3 Å². The highest BCUT2D eigenvalue weighted by atomic mass is 16.5. The van der Waals surface area contributed by atoms with E-state index in [1.54, 1.807) is 29.2 Å². The maximum absolute atomic E-state index is 12.3. The molecule has 10 nitrogen and oxygen atoms in total. The minimum Gasteiger partial charge on any atom is -0.484 e. The third-order valence-corrected chi connectivity index (χ3v) is 4.71. The lowest BCUT2D eigenvalue weighted by Gasteiger charge is -2.31. The number of carbonyl (C=O) groups is 3. The number of morpholine rings is 1. The number of anilines is 1. The summed E-state index contributed by atoms with van der Waals surface area (Å²) in [5, 5.41) is 0. The van der Waals surface area contributed by atoms with E-state index in [1.165, 1.54) is 19.1 Å². The molecule has 0 spiro atoms. The van der Waals surface area contributed by atoms with Crippen LogP contribution < -0.4 is 9.64 Å². The Kier molecular flexibility index (Phi) is 7.26. The summed E-state index contributed by atoms with van der Waals surface area (Å²) in [6.07, 6.45) is 0. The Morgan fingerprint density at radius 3 is 2.27 bits per heavy atom. The van der Waals surface area contributed by atoms with Gasteiger partial charge >= 0.3 is 11.9 Å². The number of ether oxygens (including phenoxy) is 5.